The van der Waals surface area contributed by atoms with Gasteiger partial charge in [-0.1, -0.05) is 30.3 Å². The Balaban J connectivity index is 2.28. The Labute approximate surface area is 126 Å². The van der Waals surface area contributed by atoms with Gasteiger partial charge < -0.3 is 11.1 Å². The van der Waals surface area contributed by atoms with Crippen molar-refractivity contribution in [2.45, 2.75) is 32.2 Å². The summed E-state index contributed by atoms with van der Waals surface area (Å²) in [7, 11) is -3.34. The maximum Gasteiger partial charge on any atom is 0.235 e. The molecule has 5 nitrogen and oxygen atoms in total. The molecule has 0 aliphatic rings. The number of carbonyl (C=O) groups is 1. The van der Waals surface area contributed by atoms with Crippen molar-refractivity contribution in [1.29, 1.82) is 0 Å². The number of aryl methyl sites for hydroxylation is 1. The number of sulfone groups is 1. The minimum Gasteiger partial charge on any atom is -0.355 e. The second-order valence-corrected chi connectivity index (χ2v) is 7.48. The lowest BCUT2D eigenvalue weighted by molar-refractivity contribution is -0.118. The molecule has 0 saturated heterocycles. The lowest BCUT2D eigenvalue weighted by Crippen LogP contribution is -2.34. The Morgan fingerprint density at radius 2 is 1.95 bits per heavy atom. The van der Waals surface area contributed by atoms with E-state index in [9.17, 15) is 13.2 Å². The number of nitrogens with two attached hydrogens (primary N) is 1. The molecule has 1 aromatic carbocycles. The van der Waals surface area contributed by atoms with Gasteiger partial charge in [0.15, 0.2) is 9.84 Å². The molecule has 21 heavy (non-hydrogen) atoms. The van der Waals surface area contributed by atoms with Crippen LogP contribution in [0.15, 0.2) is 30.3 Å². The van der Waals surface area contributed by atoms with Gasteiger partial charge in [-0.2, -0.15) is 0 Å². The second kappa shape index (κ2) is 8.79. The fraction of sp³-hybridized carbons (Fsp3) is 0.533. The molecule has 0 saturated carbocycles. The third-order valence-corrected chi connectivity index (χ3v) is 4.65. The first-order valence-corrected chi connectivity index (χ1v) is 8.98. The monoisotopic (exact) mass is 312 g/mol. The number of amides is 1. The molecule has 0 bridgehead atoms. The predicted molar refractivity (Wildman–Crippen MR) is 84.7 cm³/mol. The Morgan fingerprint density at radius 3 is 2.57 bits per heavy atom. The van der Waals surface area contributed by atoms with Crippen molar-refractivity contribution in [2.75, 3.05) is 18.1 Å². The van der Waals surface area contributed by atoms with Crippen LogP contribution in [0.4, 0.5) is 0 Å². The van der Waals surface area contributed by atoms with Crippen molar-refractivity contribution in [1.82, 2.24) is 5.32 Å². The number of rotatable bonds is 9. The van der Waals surface area contributed by atoms with Crippen molar-refractivity contribution in [3.63, 3.8) is 0 Å². The third kappa shape index (κ3) is 8.47. The predicted octanol–water partition coefficient (Wildman–Crippen LogP) is 0.888. The number of hydrogen-bond donors (Lipinski definition) is 2. The van der Waals surface area contributed by atoms with Crippen LogP contribution < -0.4 is 11.1 Å². The van der Waals surface area contributed by atoms with Crippen molar-refractivity contribution in [3.05, 3.63) is 35.9 Å². The molecule has 0 fully saturated rings. The summed E-state index contributed by atoms with van der Waals surface area (Å²) in [6, 6.07) is 9.70. The molecule has 1 rings (SSSR count). The molecule has 1 amide bonds. The van der Waals surface area contributed by atoms with Gasteiger partial charge in [0, 0.05) is 12.6 Å². The number of hydrogen-bond acceptors (Lipinski definition) is 4. The molecule has 3 N–H and O–H groups in total. The summed E-state index contributed by atoms with van der Waals surface area (Å²) < 4.78 is 23.7. The van der Waals surface area contributed by atoms with Gasteiger partial charge in [-0.15, -0.1) is 0 Å². The Bertz CT molecular complexity index is 527. The largest absolute Gasteiger partial charge is 0.355 e. The van der Waals surface area contributed by atoms with Gasteiger partial charge in [-0.25, -0.2) is 8.42 Å². The molecule has 0 radical (unpaired) electrons. The maximum atomic E-state index is 11.8. The van der Waals surface area contributed by atoms with Gasteiger partial charge in [0.05, 0.1) is 5.75 Å². The molecule has 0 spiro atoms. The van der Waals surface area contributed by atoms with E-state index in [4.69, 9.17) is 5.73 Å². The molecule has 1 unspecified atom stereocenters. The summed E-state index contributed by atoms with van der Waals surface area (Å²) in [6.45, 7) is 2.25. The van der Waals surface area contributed by atoms with Crippen LogP contribution in [-0.4, -0.2) is 38.4 Å². The summed E-state index contributed by atoms with van der Waals surface area (Å²) in [6.07, 6.45) is 1.87. The number of nitrogens with one attached hydrogen (secondary N) is 1. The van der Waals surface area contributed by atoms with E-state index >= 15 is 0 Å². The molecular formula is C15H24N2O3S. The van der Waals surface area contributed by atoms with Gasteiger partial charge in [-0.05, 0) is 31.7 Å². The van der Waals surface area contributed by atoms with Crippen LogP contribution in [0.5, 0.6) is 0 Å². The first kappa shape index (κ1) is 17.7. The Kier molecular flexibility index (Phi) is 7.39. The van der Waals surface area contributed by atoms with Crippen LogP contribution in [0.3, 0.4) is 0 Å². The highest BCUT2D eigenvalue weighted by Crippen LogP contribution is 2.04. The summed E-state index contributed by atoms with van der Waals surface area (Å²) in [4.78, 5) is 11.5. The smallest absolute Gasteiger partial charge is 0.235 e. The van der Waals surface area contributed by atoms with Crippen molar-refractivity contribution in [3.8, 4) is 0 Å². The van der Waals surface area contributed by atoms with Crippen molar-refractivity contribution in [2.24, 2.45) is 5.73 Å². The zero-order chi connectivity index (χ0) is 15.7. The zero-order valence-corrected chi connectivity index (χ0v) is 13.2. The van der Waals surface area contributed by atoms with E-state index in [0.29, 0.717) is 25.8 Å². The van der Waals surface area contributed by atoms with Gasteiger partial charge in [0.2, 0.25) is 5.91 Å². The molecule has 0 aliphatic carbocycles. The standard InChI is InChI=1S/C15H24N2O3S/c1-13(16)9-10-17-15(18)12-21(19,20)11-5-8-14-6-3-2-4-7-14/h2-4,6-7,13H,5,8-12,16H2,1H3,(H,17,18). The van der Waals surface area contributed by atoms with Gasteiger partial charge in [0.25, 0.3) is 0 Å². The summed E-state index contributed by atoms with van der Waals surface area (Å²) in [5.41, 5.74) is 6.66. The summed E-state index contributed by atoms with van der Waals surface area (Å²) >= 11 is 0. The minimum atomic E-state index is -3.34. The average Bonchev–Trinajstić information content (AvgIpc) is 2.38. The van der Waals surface area contributed by atoms with Crippen LogP contribution in [0.25, 0.3) is 0 Å². The number of benzene rings is 1. The lowest BCUT2D eigenvalue weighted by atomic mass is 10.1. The van der Waals surface area contributed by atoms with Crippen LogP contribution in [0.1, 0.15) is 25.3 Å². The summed E-state index contributed by atoms with van der Waals surface area (Å²) in [5.74, 6) is -0.862. The van der Waals surface area contributed by atoms with E-state index in [0.717, 1.165) is 5.56 Å². The SMILES string of the molecule is CC(N)CCNC(=O)CS(=O)(=O)CCCc1ccccc1. The van der Waals surface area contributed by atoms with Gasteiger partial charge >= 0.3 is 0 Å². The van der Waals surface area contributed by atoms with Crippen LogP contribution >= 0.6 is 0 Å². The van der Waals surface area contributed by atoms with E-state index in [1.54, 1.807) is 0 Å². The second-order valence-electron chi connectivity index (χ2n) is 5.30. The van der Waals surface area contributed by atoms with Crippen molar-refractivity contribution < 1.29 is 13.2 Å². The highest BCUT2D eigenvalue weighted by Gasteiger charge is 2.16. The van der Waals surface area contributed by atoms with E-state index in [2.05, 4.69) is 5.32 Å². The van der Waals surface area contributed by atoms with E-state index in [1.165, 1.54) is 0 Å². The first-order valence-electron chi connectivity index (χ1n) is 7.16. The van der Waals surface area contributed by atoms with E-state index in [1.807, 2.05) is 37.3 Å². The van der Waals surface area contributed by atoms with Crippen LogP contribution in [0.2, 0.25) is 0 Å². The van der Waals surface area contributed by atoms with Crippen LogP contribution in [0, 0.1) is 0 Å². The molecule has 0 aliphatic heterocycles. The van der Waals surface area contributed by atoms with Gasteiger partial charge in [0.1, 0.15) is 5.75 Å². The fourth-order valence-electron chi connectivity index (χ4n) is 1.90. The topological polar surface area (TPSA) is 89.3 Å². The molecule has 6 heteroatoms. The third-order valence-electron chi connectivity index (χ3n) is 3.04. The lowest BCUT2D eigenvalue weighted by Gasteiger charge is -2.08. The molecule has 118 valence electrons. The molecule has 0 aromatic heterocycles. The Morgan fingerprint density at radius 1 is 1.29 bits per heavy atom. The zero-order valence-electron chi connectivity index (χ0n) is 12.4. The molecular weight excluding hydrogens is 288 g/mol. The molecule has 1 atom stereocenters. The summed E-state index contributed by atoms with van der Waals surface area (Å²) in [5, 5.41) is 2.58. The average molecular weight is 312 g/mol. The normalized spacial score (nSPS) is 12.9. The fourth-order valence-corrected chi connectivity index (χ4v) is 3.13. The molecule has 1 aromatic rings. The number of carbonyl (C=O) groups excluding carboxylic acids is 1. The highest BCUT2D eigenvalue weighted by atomic mass is 32.2. The van der Waals surface area contributed by atoms with E-state index < -0.39 is 21.5 Å². The maximum absolute atomic E-state index is 11.8. The van der Waals surface area contributed by atoms with E-state index in [-0.39, 0.29) is 11.8 Å². The minimum absolute atomic E-state index is 0.00669. The highest BCUT2D eigenvalue weighted by molar-refractivity contribution is 7.92. The van der Waals surface area contributed by atoms with Crippen molar-refractivity contribution >= 4 is 15.7 Å². The van der Waals surface area contributed by atoms with Crippen LogP contribution in [-0.2, 0) is 21.1 Å². The molecule has 0 heterocycles. The Hall–Kier alpha value is -1.40. The first-order chi connectivity index (χ1) is 9.89. The quantitative estimate of drug-likeness (QED) is 0.708. The van der Waals surface area contributed by atoms with Gasteiger partial charge in [-0.3, -0.25) is 4.79 Å².